The van der Waals surface area contributed by atoms with Crippen molar-refractivity contribution >= 4 is 35.2 Å². The lowest BCUT2D eigenvalue weighted by atomic mass is 9.76. The number of likely N-dealkylation sites (tertiary alicyclic amines) is 1. The van der Waals surface area contributed by atoms with E-state index in [9.17, 15) is 18.8 Å². The fraction of sp³-hybridized carbons (Fsp3) is 0.550. The maximum absolute atomic E-state index is 14.1. The quantitative estimate of drug-likeness (QED) is 0.717. The monoisotopic (exact) mass is 406 g/mol. The van der Waals surface area contributed by atoms with Crippen LogP contribution in [0, 0.1) is 17.7 Å². The largest absolute Gasteiger partial charge is 0.326 e. The lowest BCUT2D eigenvalue weighted by Crippen LogP contribution is -2.99. The summed E-state index contributed by atoms with van der Waals surface area (Å²) in [6, 6.07) is 3.75. The van der Waals surface area contributed by atoms with Crippen LogP contribution in [-0.2, 0) is 19.9 Å². The number of anilines is 1. The molecule has 0 aromatic heterocycles. The molecule has 28 heavy (non-hydrogen) atoms. The summed E-state index contributed by atoms with van der Waals surface area (Å²) in [6.45, 7) is 3.78. The van der Waals surface area contributed by atoms with E-state index < -0.39 is 23.2 Å². The number of halogens is 1. The molecule has 2 saturated heterocycles. The van der Waals surface area contributed by atoms with Crippen LogP contribution in [0.5, 0.6) is 0 Å². The number of quaternary nitrogens is 1. The van der Waals surface area contributed by atoms with Crippen molar-refractivity contribution in [3.8, 4) is 0 Å². The van der Waals surface area contributed by atoms with Crippen LogP contribution in [0.3, 0.4) is 0 Å². The summed E-state index contributed by atoms with van der Waals surface area (Å²) in [5, 5.41) is 4.68. The zero-order chi connectivity index (χ0) is 20.2. The standard InChI is InChI=1S/C20H24FN3O3S/c1-4-10(2)24-17(25)15-14(7-8-28-3)23-20(16(15)18(24)26)12-9-11(21)5-6-13(12)22-19(20)27/h5-6,9-10,14-16,23H,4,7-8H2,1-3H3,(H,22,27)/p+1/t10-,14+,15-,16+,20-/m1/s1. The molecule has 5 atom stereocenters. The second-order valence-corrected chi connectivity index (χ2v) is 8.92. The first-order chi connectivity index (χ1) is 13.4. The van der Waals surface area contributed by atoms with Crippen molar-refractivity contribution in [2.75, 3.05) is 17.3 Å². The van der Waals surface area contributed by atoms with Crippen molar-refractivity contribution in [1.29, 1.82) is 0 Å². The van der Waals surface area contributed by atoms with Gasteiger partial charge in [-0.05, 0) is 43.6 Å². The number of carbonyl (C=O) groups excluding carboxylic acids is 3. The Morgan fingerprint density at radius 3 is 2.75 bits per heavy atom. The number of nitrogens with zero attached hydrogens (tertiary/aromatic N) is 1. The fourth-order valence-corrected chi connectivity index (χ4v) is 5.60. The van der Waals surface area contributed by atoms with Gasteiger partial charge in [0.15, 0.2) is 0 Å². The van der Waals surface area contributed by atoms with Crippen LogP contribution in [-0.4, -0.2) is 46.7 Å². The zero-order valence-electron chi connectivity index (χ0n) is 16.2. The van der Waals surface area contributed by atoms with Gasteiger partial charge in [0.05, 0.1) is 5.69 Å². The first kappa shape index (κ1) is 19.4. The van der Waals surface area contributed by atoms with Gasteiger partial charge in [0.25, 0.3) is 5.91 Å². The average Bonchev–Trinajstić information content (AvgIpc) is 3.25. The molecule has 3 N–H and O–H groups in total. The highest BCUT2D eigenvalue weighted by Crippen LogP contribution is 2.50. The zero-order valence-corrected chi connectivity index (χ0v) is 17.0. The van der Waals surface area contributed by atoms with Gasteiger partial charge in [-0.2, -0.15) is 11.8 Å². The van der Waals surface area contributed by atoms with Crippen LogP contribution in [0.1, 0.15) is 32.3 Å². The number of thioether (sulfide) groups is 1. The molecule has 1 aromatic rings. The van der Waals surface area contributed by atoms with Gasteiger partial charge in [-0.1, -0.05) is 6.92 Å². The Morgan fingerprint density at radius 1 is 1.32 bits per heavy atom. The maximum atomic E-state index is 14.1. The summed E-state index contributed by atoms with van der Waals surface area (Å²) >= 11 is 1.67. The number of fused-ring (bicyclic) bond motifs is 4. The van der Waals surface area contributed by atoms with Gasteiger partial charge < -0.3 is 10.6 Å². The van der Waals surface area contributed by atoms with Crippen LogP contribution in [0.15, 0.2) is 18.2 Å². The molecule has 3 aliphatic rings. The maximum Gasteiger partial charge on any atom is 0.291 e. The van der Waals surface area contributed by atoms with Gasteiger partial charge in [-0.25, -0.2) is 4.39 Å². The topological polar surface area (TPSA) is 83.1 Å². The van der Waals surface area contributed by atoms with Gasteiger partial charge in [0.1, 0.15) is 23.7 Å². The molecule has 0 saturated carbocycles. The molecule has 0 unspecified atom stereocenters. The number of rotatable bonds is 5. The Labute approximate surface area is 167 Å². The number of carbonyl (C=O) groups is 3. The van der Waals surface area contributed by atoms with Crippen LogP contribution in [0.2, 0.25) is 0 Å². The smallest absolute Gasteiger partial charge is 0.291 e. The number of hydrogen-bond acceptors (Lipinski definition) is 4. The number of nitrogens with one attached hydrogen (secondary N) is 1. The van der Waals surface area contributed by atoms with E-state index in [0.717, 1.165) is 5.75 Å². The van der Waals surface area contributed by atoms with Crippen molar-refractivity contribution in [2.45, 2.75) is 44.3 Å². The molecule has 3 heterocycles. The fourth-order valence-electron chi connectivity index (χ4n) is 5.09. The molecular weight excluding hydrogens is 381 g/mol. The first-order valence-electron chi connectivity index (χ1n) is 9.70. The van der Waals surface area contributed by atoms with Gasteiger partial charge >= 0.3 is 0 Å². The highest BCUT2D eigenvalue weighted by Gasteiger charge is 2.74. The van der Waals surface area contributed by atoms with E-state index in [4.69, 9.17) is 0 Å². The normalized spacial score (nSPS) is 32.1. The third-order valence-electron chi connectivity index (χ3n) is 6.55. The Hall–Kier alpha value is -1.93. The SMILES string of the molecule is CC[C@@H](C)N1C(=O)[C@@H]2[C@H](CCSC)[NH2+][C@@]3(C(=O)Nc4ccc(F)cc43)[C@@H]2C1=O. The third-order valence-corrected chi connectivity index (χ3v) is 7.20. The Kier molecular flexibility index (Phi) is 4.74. The van der Waals surface area contributed by atoms with Gasteiger partial charge in [0.2, 0.25) is 17.4 Å². The number of benzene rings is 1. The molecule has 4 rings (SSSR count). The molecular formula is C20H25FN3O3S+. The molecule has 2 fully saturated rings. The number of nitrogens with two attached hydrogens (primary N) is 1. The average molecular weight is 407 g/mol. The Bertz CT molecular complexity index is 863. The predicted molar refractivity (Wildman–Crippen MR) is 104 cm³/mol. The van der Waals surface area contributed by atoms with Crippen molar-refractivity contribution in [3.63, 3.8) is 0 Å². The predicted octanol–water partition coefficient (Wildman–Crippen LogP) is 1.07. The van der Waals surface area contributed by atoms with Crippen molar-refractivity contribution < 1.29 is 24.1 Å². The van der Waals surface area contributed by atoms with E-state index in [1.807, 2.05) is 25.4 Å². The highest BCUT2D eigenvalue weighted by molar-refractivity contribution is 7.98. The number of amides is 3. The molecule has 3 amide bonds. The lowest BCUT2D eigenvalue weighted by Gasteiger charge is -2.28. The molecule has 0 aliphatic carbocycles. The molecule has 0 radical (unpaired) electrons. The van der Waals surface area contributed by atoms with Crippen molar-refractivity contribution in [3.05, 3.63) is 29.6 Å². The summed E-state index contributed by atoms with van der Waals surface area (Å²) < 4.78 is 14.1. The molecule has 3 aliphatic heterocycles. The van der Waals surface area contributed by atoms with Crippen LogP contribution in [0.4, 0.5) is 10.1 Å². The van der Waals surface area contributed by atoms with Crippen LogP contribution in [0.25, 0.3) is 0 Å². The summed E-state index contributed by atoms with van der Waals surface area (Å²) in [5.41, 5.74) is -0.277. The number of hydrogen-bond donors (Lipinski definition) is 2. The number of imide groups is 1. The molecule has 0 bridgehead atoms. The molecule has 1 spiro atoms. The van der Waals surface area contributed by atoms with Crippen LogP contribution < -0.4 is 10.6 Å². The van der Waals surface area contributed by atoms with Gasteiger partial charge in [-0.3, -0.25) is 19.3 Å². The molecule has 6 nitrogen and oxygen atoms in total. The van der Waals surface area contributed by atoms with Gasteiger partial charge in [-0.15, -0.1) is 0 Å². The van der Waals surface area contributed by atoms with E-state index >= 15 is 0 Å². The lowest BCUT2D eigenvalue weighted by molar-refractivity contribution is -0.733. The van der Waals surface area contributed by atoms with E-state index in [2.05, 4.69) is 5.32 Å². The Balaban J connectivity index is 1.86. The van der Waals surface area contributed by atoms with Crippen LogP contribution >= 0.6 is 11.8 Å². The molecule has 8 heteroatoms. The summed E-state index contributed by atoms with van der Waals surface area (Å²) in [7, 11) is 0. The first-order valence-corrected chi connectivity index (χ1v) is 11.1. The summed E-state index contributed by atoms with van der Waals surface area (Å²) in [5.74, 6) is -1.83. The molecule has 150 valence electrons. The second kappa shape index (κ2) is 6.84. The minimum atomic E-state index is -1.28. The second-order valence-electron chi connectivity index (χ2n) is 7.93. The van der Waals surface area contributed by atoms with Crippen molar-refractivity contribution in [2.24, 2.45) is 11.8 Å². The van der Waals surface area contributed by atoms with E-state index in [0.29, 0.717) is 24.1 Å². The highest BCUT2D eigenvalue weighted by atomic mass is 32.2. The summed E-state index contributed by atoms with van der Waals surface area (Å²) in [4.78, 5) is 41.2. The third kappa shape index (κ3) is 2.47. The molecule has 1 aromatic carbocycles. The summed E-state index contributed by atoms with van der Waals surface area (Å²) in [6.07, 6.45) is 3.35. The van der Waals surface area contributed by atoms with E-state index in [1.54, 1.807) is 11.8 Å². The van der Waals surface area contributed by atoms with E-state index in [-0.39, 0.29) is 29.8 Å². The van der Waals surface area contributed by atoms with E-state index in [1.165, 1.54) is 23.1 Å². The van der Waals surface area contributed by atoms with Gasteiger partial charge in [0, 0.05) is 18.0 Å². The van der Waals surface area contributed by atoms with Crippen molar-refractivity contribution in [1.82, 2.24) is 4.90 Å². The minimum absolute atomic E-state index is 0.192. The minimum Gasteiger partial charge on any atom is -0.326 e. The Morgan fingerprint density at radius 2 is 2.07 bits per heavy atom.